The smallest absolute Gasteiger partial charge is 0.302 e. The molecule has 0 spiro atoms. The van der Waals surface area contributed by atoms with Crippen molar-refractivity contribution in [2.75, 3.05) is 27.9 Å². The SMILES string of the molecule is COc1cc(OC)c(OC)cc1/C=C/COC(C)=O. The zero-order valence-electron chi connectivity index (χ0n) is 11.6. The summed E-state index contributed by atoms with van der Waals surface area (Å²) in [5.41, 5.74) is 0.812. The number of rotatable bonds is 6. The summed E-state index contributed by atoms with van der Waals surface area (Å²) in [7, 11) is 4.70. The molecule has 0 radical (unpaired) electrons. The normalized spacial score (nSPS) is 10.3. The van der Waals surface area contributed by atoms with E-state index in [-0.39, 0.29) is 12.6 Å². The summed E-state index contributed by atoms with van der Waals surface area (Å²) < 4.78 is 20.5. The van der Waals surface area contributed by atoms with Crippen molar-refractivity contribution in [1.29, 1.82) is 0 Å². The van der Waals surface area contributed by atoms with E-state index in [9.17, 15) is 4.79 Å². The third-order valence-electron chi connectivity index (χ3n) is 2.42. The first-order valence-corrected chi connectivity index (χ1v) is 5.72. The van der Waals surface area contributed by atoms with Crippen molar-refractivity contribution in [1.82, 2.24) is 0 Å². The van der Waals surface area contributed by atoms with Gasteiger partial charge in [0.2, 0.25) is 0 Å². The average molecular weight is 266 g/mol. The van der Waals surface area contributed by atoms with Gasteiger partial charge in [-0.05, 0) is 12.1 Å². The van der Waals surface area contributed by atoms with Gasteiger partial charge in [0.25, 0.3) is 0 Å². The molecule has 0 saturated carbocycles. The highest BCUT2D eigenvalue weighted by Crippen LogP contribution is 2.35. The highest BCUT2D eigenvalue weighted by molar-refractivity contribution is 5.66. The predicted octanol–water partition coefficient (Wildman–Crippen LogP) is 2.29. The fourth-order valence-electron chi connectivity index (χ4n) is 1.52. The van der Waals surface area contributed by atoms with Gasteiger partial charge < -0.3 is 18.9 Å². The van der Waals surface area contributed by atoms with Crippen molar-refractivity contribution in [3.63, 3.8) is 0 Å². The summed E-state index contributed by atoms with van der Waals surface area (Å²) in [6.45, 7) is 1.58. The number of esters is 1. The summed E-state index contributed by atoms with van der Waals surface area (Å²) in [6, 6.07) is 3.53. The second-order valence-electron chi connectivity index (χ2n) is 3.65. The zero-order chi connectivity index (χ0) is 14.3. The van der Waals surface area contributed by atoms with E-state index in [1.807, 2.05) is 0 Å². The molecule has 104 valence electrons. The summed E-state index contributed by atoms with van der Waals surface area (Å²) in [6.07, 6.45) is 3.52. The molecule has 5 nitrogen and oxygen atoms in total. The summed E-state index contributed by atoms with van der Waals surface area (Å²) >= 11 is 0. The van der Waals surface area contributed by atoms with E-state index in [4.69, 9.17) is 18.9 Å². The molecule has 0 aromatic heterocycles. The minimum Gasteiger partial charge on any atom is -0.496 e. The molecule has 0 heterocycles. The average Bonchev–Trinajstić information content (AvgIpc) is 2.42. The Morgan fingerprint density at radius 2 is 1.63 bits per heavy atom. The van der Waals surface area contributed by atoms with Crippen LogP contribution in [-0.2, 0) is 9.53 Å². The maximum Gasteiger partial charge on any atom is 0.302 e. The molecule has 1 rings (SSSR count). The highest BCUT2D eigenvalue weighted by Gasteiger charge is 2.09. The van der Waals surface area contributed by atoms with Crippen LogP contribution in [0.25, 0.3) is 6.08 Å². The van der Waals surface area contributed by atoms with Crippen LogP contribution in [-0.4, -0.2) is 33.9 Å². The predicted molar refractivity (Wildman–Crippen MR) is 71.8 cm³/mol. The van der Waals surface area contributed by atoms with Gasteiger partial charge in [0.15, 0.2) is 11.5 Å². The molecule has 0 aliphatic heterocycles. The molecule has 1 aromatic carbocycles. The monoisotopic (exact) mass is 266 g/mol. The number of carbonyl (C=O) groups is 1. The fourth-order valence-corrected chi connectivity index (χ4v) is 1.52. The largest absolute Gasteiger partial charge is 0.496 e. The first-order chi connectivity index (χ1) is 9.12. The van der Waals surface area contributed by atoms with E-state index in [0.29, 0.717) is 17.2 Å². The lowest BCUT2D eigenvalue weighted by atomic mass is 10.1. The van der Waals surface area contributed by atoms with Crippen molar-refractivity contribution in [3.05, 3.63) is 23.8 Å². The molecule has 0 unspecified atom stereocenters. The quantitative estimate of drug-likeness (QED) is 0.739. The Kier molecular flexibility index (Phi) is 5.73. The van der Waals surface area contributed by atoms with Crippen molar-refractivity contribution in [2.45, 2.75) is 6.92 Å². The van der Waals surface area contributed by atoms with Gasteiger partial charge in [-0.3, -0.25) is 4.79 Å². The third kappa shape index (κ3) is 4.21. The number of hydrogen-bond donors (Lipinski definition) is 0. The van der Waals surface area contributed by atoms with Crippen LogP contribution in [0.5, 0.6) is 17.2 Å². The molecular formula is C14H18O5. The van der Waals surface area contributed by atoms with E-state index in [0.717, 1.165) is 5.56 Å². The molecular weight excluding hydrogens is 248 g/mol. The van der Waals surface area contributed by atoms with Crippen LogP contribution in [0.4, 0.5) is 0 Å². The van der Waals surface area contributed by atoms with Gasteiger partial charge in [-0.25, -0.2) is 0 Å². The Balaban J connectivity index is 2.95. The maximum absolute atomic E-state index is 10.6. The standard InChI is InChI=1S/C14H18O5/c1-10(15)19-7-5-6-11-8-13(17-3)14(18-4)9-12(11)16-2/h5-6,8-9H,7H2,1-4H3/b6-5+. The topological polar surface area (TPSA) is 54.0 Å². The van der Waals surface area contributed by atoms with Crippen molar-refractivity contribution in [3.8, 4) is 17.2 Å². The second kappa shape index (κ2) is 7.31. The van der Waals surface area contributed by atoms with Gasteiger partial charge in [-0.15, -0.1) is 0 Å². The molecule has 19 heavy (non-hydrogen) atoms. The number of carbonyl (C=O) groups excluding carboxylic acids is 1. The lowest BCUT2D eigenvalue weighted by Gasteiger charge is -2.12. The Bertz CT molecular complexity index is 465. The van der Waals surface area contributed by atoms with Crippen molar-refractivity contribution in [2.24, 2.45) is 0 Å². The molecule has 0 atom stereocenters. The Morgan fingerprint density at radius 3 is 2.16 bits per heavy atom. The lowest BCUT2D eigenvalue weighted by Crippen LogP contribution is -1.97. The van der Waals surface area contributed by atoms with Crippen LogP contribution in [0.1, 0.15) is 12.5 Å². The number of methoxy groups -OCH3 is 3. The molecule has 0 bridgehead atoms. The van der Waals surface area contributed by atoms with Gasteiger partial charge in [0.05, 0.1) is 21.3 Å². The van der Waals surface area contributed by atoms with Crippen LogP contribution >= 0.6 is 0 Å². The fraction of sp³-hybridized carbons (Fsp3) is 0.357. The van der Waals surface area contributed by atoms with Crippen LogP contribution in [0.2, 0.25) is 0 Å². The summed E-state index contributed by atoms with van der Waals surface area (Å²) in [5, 5.41) is 0. The van der Waals surface area contributed by atoms with Gasteiger partial charge in [-0.2, -0.15) is 0 Å². The van der Waals surface area contributed by atoms with E-state index in [2.05, 4.69) is 0 Å². The van der Waals surface area contributed by atoms with E-state index >= 15 is 0 Å². The molecule has 0 aliphatic rings. The highest BCUT2D eigenvalue weighted by atomic mass is 16.5. The minimum absolute atomic E-state index is 0.215. The molecule has 0 amide bonds. The zero-order valence-corrected chi connectivity index (χ0v) is 11.6. The first-order valence-electron chi connectivity index (χ1n) is 5.72. The molecule has 0 aliphatic carbocycles. The van der Waals surface area contributed by atoms with Crippen LogP contribution < -0.4 is 14.2 Å². The summed E-state index contributed by atoms with van der Waals surface area (Å²) in [5.74, 6) is 1.53. The third-order valence-corrected chi connectivity index (χ3v) is 2.42. The Hall–Kier alpha value is -2.17. The van der Waals surface area contributed by atoms with Gasteiger partial charge in [0, 0.05) is 18.6 Å². The van der Waals surface area contributed by atoms with Crippen LogP contribution in [0, 0.1) is 0 Å². The first kappa shape index (κ1) is 14.9. The molecule has 0 fully saturated rings. The maximum atomic E-state index is 10.6. The van der Waals surface area contributed by atoms with E-state index < -0.39 is 0 Å². The van der Waals surface area contributed by atoms with Gasteiger partial charge in [-0.1, -0.05) is 6.08 Å². The van der Waals surface area contributed by atoms with E-state index in [1.165, 1.54) is 6.92 Å². The molecule has 0 N–H and O–H groups in total. The number of ether oxygens (including phenoxy) is 4. The number of benzene rings is 1. The van der Waals surface area contributed by atoms with Crippen LogP contribution in [0.15, 0.2) is 18.2 Å². The van der Waals surface area contributed by atoms with Gasteiger partial charge in [0.1, 0.15) is 12.4 Å². The Labute approximate surface area is 112 Å². The number of hydrogen-bond acceptors (Lipinski definition) is 5. The molecule has 1 aromatic rings. The Morgan fingerprint density at radius 1 is 1.05 bits per heavy atom. The van der Waals surface area contributed by atoms with Crippen molar-refractivity contribution < 1.29 is 23.7 Å². The second-order valence-corrected chi connectivity index (χ2v) is 3.65. The van der Waals surface area contributed by atoms with E-state index in [1.54, 1.807) is 45.6 Å². The van der Waals surface area contributed by atoms with Crippen molar-refractivity contribution >= 4 is 12.0 Å². The molecule has 5 heteroatoms. The van der Waals surface area contributed by atoms with Crippen LogP contribution in [0.3, 0.4) is 0 Å². The molecule has 0 saturated heterocycles. The van der Waals surface area contributed by atoms with Gasteiger partial charge >= 0.3 is 5.97 Å². The lowest BCUT2D eigenvalue weighted by molar-refractivity contribution is -0.139. The summed E-state index contributed by atoms with van der Waals surface area (Å²) in [4.78, 5) is 10.6. The minimum atomic E-state index is -0.316.